The lowest BCUT2D eigenvalue weighted by Crippen LogP contribution is -2.30. The van der Waals surface area contributed by atoms with Gasteiger partial charge in [-0.3, -0.25) is 14.9 Å². The molecule has 0 aromatic heterocycles. The van der Waals surface area contributed by atoms with Gasteiger partial charge in [-0.05, 0) is 24.8 Å². The summed E-state index contributed by atoms with van der Waals surface area (Å²) in [6, 6.07) is 3.90. The van der Waals surface area contributed by atoms with Crippen molar-refractivity contribution in [2.45, 2.75) is 32.1 Å². The number of nitrogens with zero attached hydrogens (tertiary/aromatic N) is 1. The molecular formula is C14H17ClN2O3. The zero-order valence-corrected chi connectivity index (χ0v) is 11.9. The van der Waals surface area contributed by atoms with E-state index in [1.54, 1.807) is 0 Å². The summed E-state index contributed by atoms with van der Waals surface area (Å²) in [5, 5.41) is 13.6. The fourth-order valence-electron chi connectivity index (χ4n) is 2.53. The molecular weight excluding hydrogens is 280 g/mol. The first-order chi connectivity index (χ1) is 9.58. The Labute approximate surface area is 122 Å². The van der Waals surface area contributed by atoms with Gasteiger partial charge in [0.15, 0.2) is 0 Å². The van der Waals surface area contributed by atoms with Gasteiger partial charge < -0.3 is 5.32 Å². The number of hydrogen-bond acceptors (Lipinski definition) is 3. The molecule has 1 fully saturated rings. The minimum atomic E-state index is -0.532. The molecule has 108 valence electrons. The average Bonchev–Trinajstić information content (AvgIpc) is 2.45. The maximum Gasteiger partial charge on any atom is 0.270 e. The monoisotopic (exact) mass is 296 g/mol. The van der Waals surface area contributed by atoms with Crippen molar-refractivity contribution in [3.63, 3.8) is 0 Å². The number of carbonyl (C=O) groups is 1. The first-order valence-corrected chi connectivity index (χ1v) is 7.18. The largest absolute Gasteiger partial charge is 0.352 e. The normalized spacial score (nSPS) is 15.8. The van der Waals surface area contributed by atoms with E-state index in [1.807, 2.05) is 0 Å². The number of amides is 1. The van der Waals surface area contributed by atoms with Crippen LogP contribution in [-0.2, 0) is 0 Å². The number of carbonyl (C=O) groups excluding carboxylic acids is 1. The highest BCUT2D eigenvalue weighted by Gasteiger charge is 2.17. The Balaban J connectivity index is 1.96. The fourth-order valence-corrected chi connectivity index (χ4v) is 2.79. The Hall–Kier alpha value is -1.62. The van der Waals surface area contributed by atoms with Gasteiger partial charge in [-0.25, -0.2) is 0 Å². The van der Waals surface area contributed by atoms with Gasteiger partial charge in [-0.1, -0.05) is 30.9 Å². The van der Waals surface area contributed by atoms with E-state index >= 15 is 0 Å². The number of hydrogen-bond donors (Lipinski definition) is 1. The topological polar surface area (TPSA) is 72.2 Å². The van der Waals surface area contributed by atoms with Crippen molar-refractivity contribution < 1.29 is 9.72 Å². The molecule has 20 heavy (non-hydrogen) atoms. The van der Waals surface area contributed by atoms with E-state index in [2.05, 4.69) is 5.32 Å². The van der Waals surface area contributed by atoms with E-state index in [1.165, 1.54) is 37.5 Å². The molecule has 0 heterocycles. The summed E-state index contributed by atoms with van der Waals surface area (Å²) >= 11 is 5.92. The van der Waals surface area contributed by atoms with Crippen LogP contribution < -0.4 is 5.32 Å². The third-order valence-corrected chi connectivity index (χ3v) is 4.00. The molecule has 5 nitrogen and oxygen atoms in total. The van der Waals surface area contributed by atoms with E-state index in [4.69, 9.17) is 11.6 Å². The van der Waals surface area contributed by atoms with Gasteiger partial charge in [-0.2, -0.15) is 0 Å². The van der Waals surface area contributed by atoms with E-state index in [0.29, 0.717) is 12.5 Å². The minimum Gasteiger partial charge on any atom is -0.352 e. The summed E-state index contributed by atoms with van der Waals surface area (Å²) in [4.78, 5) is 22.1. The molecule has 0 saturated heterocycles. The molecule has 1 saturated carbocycles. The van der Waals surface area contributed by atoms with Crippen LogP contribution in [0, 0.1) is 16.0 Å². The highest BCUT2D eigenvalue weighted by molar-refractivity contribution is 6.34. The molecule has 1 aliphatic rings. The van der Waals surface area contributed by atoms with Crippen molar-refractivity contribution in [2.75, 3.05) is 6.54 Å². The molecule has 1 aliphatic carbocycles. The number of halogens is 1. The first kappa shape index (κ1) is 14.8. The first-order valence-electron chi connectivity index (χ1n) is 6.80. The van der Waals surface area contributed by atoms with Crippen molar-refractivity contribution >= 4 is 23.2 Å². The predicted octanol–water partition coefficient (Wildman–Crippen LogP) is 3.56. The van der Waals surface area contributed by atoms with Gasteiger partial charge in [-0.15, -0.1) is 0 Å². The van der Waals surface area contributed by atoms with Crippen molar-refractivity contribution in [3.05, 3.63) is 38.9 Å². The second-order valence-electron chi connectivity index (χ2n) is 5.14. The van der Waals surface area contributed by atoms with E-state index < -0.39 is 4.92 Å². The highest BCUT2D eigenvalue weighted by Crippen LogP contribution is 2.24. The molecule has 1 aromatic rings. The van der Waals surface area contributed by atoms with Crippen LogP contribution in [0.2, 0.25) is 5.02 Å². The molecule has 0 atom stereocenters. The summed E-state index contributed by atoms with van der Waals surface area (Å²) in [6.07, 6.45) is 6.01. The maximum atomic E-state index is 12.0. The fraction of sp³-hybridized carbons (Fsp3) is 0.500. The summed E-state index contributed by atoms with van der Waals surface area (Å²) < 4.78 is 0. The quantitative estimate of drug-likeness (QED) is 0.682. The number of nitrogens with one attached hydrogen (secondary N) is 1. The van der Waals surface area contributed by atoms with Crippen LogP contribution >= 0.6 is 11.6 Å². The molecule has 2 rings (SSSR count). The van der Waals surface area contributed by atoms with Crippen LogP contribution in [0.3, 0.4) is 0 Å². The number of benzene rings is 1. The molecule has 6 heteroatoms. The standard InChI is InChI=1S/C14H17ClN2O3/c15-13-8-11(17(19)20)6-7-12(13)14(18)16-9-10-4-2-1-3-5-10/h6-8,10H,1-5,9H2,(H,16,18). The van der Waals surface area contributed by atoms with Gasteiger partial charge in [0.05, 0.1) is 15.5 Å². The maximum absolute atomic E-state index is 12.0. The van der Waals surface area contributed by atoms with Crippen molar-refractivity contribution in [1.82, 2.24) is 5.32 Å². The highest BCUT2D eigenvalue weighted by atomic mass is 35.5. The van der Waals surface area contributed by atoms with Crippen LogP contribution in [0.15, 0.2) is 18.2 Å². The Kier molecular flexibility index (Phi) is 4.95. The molecule has 0 bridgehead atoms. The number of nitro benzene ring substituents is 1. The predicted molar refractivity (Wildman–Crippen MR) is 77.0 cm³/mol. The zero-order valence-electron chi connectivity index (χ0n) is 11.1. The van der Waals surface area contributed by atoms with E-state index in [-0.39, 0.29) is 22.2 Å². The van der Waals surface area contributed by atoms with Crippen LogP contribution in [-0.4, -0.2) is 17.4 Å². The van der Waals surface area contributed by atoms with Gasteiger partial charge >= 0.3 is 0 Å². The SMILES string of the molecule is O=C(NCC1CCCCC1)c1ccc([N+](=O)[O-])cc1Cl. The van der Waals surface area contributed by atoms with Crippen molar-refractivity contribution in [1.29, 1.82) is 0 Å². The van der Waals surface area contributed by atoms with E-state index in [0.717, 1.165) is 12.8 Å². The van der Waals surface area contributed by atoms with Gasteiger partial charge in [0.1, 0.15) is 0 Å². The summed E-state index contributed by atoms with van der Waals surface area (Å²) in [7, 11) is 0. The Morgan fingerprint density at radius 3 is 2.65 bits per heavy atom. The Morgan fingerprint density at radius 1 is 1.35 bits per heavy atom. The van der Waals surface area contributed by atoms with Crippen LogP contribution in [0.4, 0.5) is 5.69 Å². The lowest BCUT2D eigenvalue weighted by Gasteiger charge is -2.21. The van der Waals surface area contributed by atoms with E-state index in [9.17, 15) is 14.9 Å². The Bertz CT molecular complexity index is 513. The third-order valence-electron chi connectivity index (χ3n) is 3.68. The molecule has 0 aliphatic heterocycles. The van der Waals surface area contributed by atoms with Gasteiger partial charge in [0.25, 0.3) is 11.6 Å². The van der Waals surface area contributed by atoms with Crippen LogP contribution in [0.25, 0.3) is 0 Å². The third kappa shape index (κ3) is 3.70. The summed E-state index contributed by atoms with van der Waals surface area (Å²) in [6.45, 7) is 0.645. The molecule has 1 aromatic carbocycles. The molecule has 1 amide bonds. The number of nitro groups is 1. The van der Waals surface area contributed by atoms with Gasteiger partial charge in [0.2, 0.25) is 0 Å². The minimum absolute atomic E-state index is 0.111. The molecule has 1 N–H and O–H groups in total. The average molecular weight is 297 g/mol. The smallest absolute Gasteiger partial charge is 0.270 e. The number of rotatable bonds is 4. The van der Waals surface area contributed by atoms with Crippen molar-refractivity contribution in [2.24, 2.45) is 5.92 Å². The molecule has 0 radical (unpaired) electrons. The molecule has 0 spiro atoms. The lowest BCUT2D eigenvalue weighted by molar-refractivity contribution is -0.384. The number of non-ortho nitro benzene ring substituents is 1. The van der Waals surface area contributed by atoms with Crippen LogP contribution in [0.1, 0.15) is 42.5 Å². The molecule has 0 unspecified atom stereocenters. The van der Waals surface area contributed by atoms with Crippen molar-refractivity contribution in [3.8, 4) is 0 Å². The van der Waals surface area contributed by atoms with Crippen LogP contribution in [0.5, 0.6) is 0 Å². The summed E-state index contributed by atoms with van der Waals surface area (Å²) in [5.41, 5.74) is 0.173. The van der Waals surface area contributed by atoms with Gasteiger partial charge in [0, 0.05) is 18.7 Å². The zero-order chi connectivity index (χ0) is 14.5. The Morgan fingerprint density at radius 2 is 2.05 bits per heavy atom. The summed E-state index contributed by atoms with van der Waals surface area (Å²) in [5.74, 6) is 0.264. The second kappa shape index (κ2) is 6.70. The lowest BCUT2D eigenvalue weighted by atomic mass is 9.89. The second-order valence-corrected chi connectivity index (χ2v) is 5.54.